The number of fused-ring (bicyclic) bond motifs is 1. The van der Waals surface area contributed by atoms with Gasteiger partial charge in [0.15, 0.2) is 17.0 Å². The van der Waals surface area contributed by atoms with Crippen LogP contribution in [0.25, 0.3) is 22.6 Å². The molecule has 3 aromatic rings. The molecule has 3 heterocycles. The van der Waals surface area contributed by atoms with Crippen molar-refractivity contribution in [3.63, 3.8) is 0 Å². The van der Waals surface area contributed by atoms with Gasteiger partial charge in [-0.05, 0) is 46.2 Å². The van der Waals surface area contributed by atoms with Crippen LogP contribution in [0.15, 0.2) is 30.6 Å². The summed E-state index contributed by atoms with van der Waals surface area (Å²) in [5, 5.41) is 3.35. The van der Waals surface area contributed by atoms with Gasteiger partial charge in [-0.2, -0.15) is 13.2 Å². The second kappa shape index (κ2) is 8.77. The van der Waals surface area contributed by atoms with Crippen LogP contribution in [0, 0.1) is 0 Å². The van der Waals surface area contributed by atoms with Crippen LogP contribution in [0.3, 0.4) is 0 Å². The second-order valence-corrected chi connectivity index (χ2v) is 9.21. The van der Waals surface area contributed by atoms with Crippen LogP contribution >= 0.6 is 0 Å². The Hall–Kier alpha value is -3.37. The molecule has 0 saturated carbocycles. The third kappa shape index (κ3) is 4.92. The predicted molar refractivity (Wildman–Crippen MR) is 121 cm³/mol. The van der Waals surface area contributed by atoms with Gasteiger partial charge in [0.25, 0.3) is 0 Å². The van der Waals surface area contributed by atoms with Gasteiger partial charge >= 0.3 is 12.3 Å². The number of carbonyl (C=O) groups is 1. The van der Waals surface area contributed by atoms with Crippen LogP contribution in [0.1, 0.15) is 39.7 Å². The predicted octanol–water partition coefficient (Wildman–Crippen LogP) is 4.95. The molecule has 1 amide bonds. The number of nitrogens with one attached hydrogen (secondary N) is 1. The molecule has 0 spiro atoms. The lowest BCUT2D eigenvalue weighted by Gasteiger charge is -2.24. The molecule has 182 valence electrons. The number of aryl methyl sites for hydroxylation is 1. The van der Waals surface area contributed by atoms with E-state index in [2.05, 4.69) is 20.3 Å². The highest BCUT2D eigenvalue weighted by Crippen LogP contribution is 2.32. The molecular formula is C23H27F3N6O2. The largest absolute Gasteiger partial charge is 0.444 e. The van der Waals surface area contributed by atoms with Gasteiger partial charge in [0.1, 0.15) is 17.8 Å². The van der Waals surface area contributed by atoms with E-state index < -0.39 is 17.3 Å². The first-order valence-corrected chi connectivity index (χ1v) is 11.1. The molecule has 34 heavy (non-hydrogen) atoms. The Bertz CT molecular complexity index is 1180. The zero-order valence-electron chi connectivity index (χ0n) is 19.5. The number of halogens is 3. The number of hydrogen-bond acceptors (Lipinski definition) is 6. The van der Waals surface area contributed by atoms with Crippen molar-refractivity contribution in [2.75, 3.05) is 18.4 Å². The number of carbonyl (C=O) groups excluding carboxylic acids is 1. The van der Waals surface area contributed by atoms with Gasteiger partial charge in [-0.25, -0.2) is 19.7 Å². The Labute approximate surface area is 195 Å². The minimum atomic E-state index is -4.40. The van der Waals surface area contributed by atoms with E-state index in [0.29, 0.717) is 54.4 Å². The van der Waals surface area contributed by atoms with E-state index in [-0.39, 0.29) is 12.1 Å². The van der Waals surface area contributed by atoms with Crippen molar-refractivity contribution in [2.24, 2.45) is 0 Å². The molecule has 1 aliphatic rings. The zero-order valence-corrected chi connectivity index (χ0v) is 19.5. The minimum Gasteiger partial charge on any atom is -0.444 e. The molecule has 4 rings (SSSR count). The number of ether oxygens (including phenoxy) is 1. The van der Waals surface area contributed by atoms with E-state index in [4.69, 9.17) is 4.74 Å². The first kappa shape index (κ1) is 23.8. The molecule has 11 heteroatoms. The lowest BCUT2D eigenvalue weighted by atomic mass is 10.1. The van der Waals surface area contributed by atoms with E-state index in [1.54, 1.807) is 4.90 Å². The van der Waals surface area contributed by atoms with Crippen LogP contribution in [-0.4, -0.2) is 55.2 Å². The van der Waals surface area contributed by atoms with Crippen molar-refractivity contribution in [3.8, 4) is 11.4 Å². The molecule has 1 aromatic carbocycles. The van der Waals surface area contributed by atoms with Crippen LogP contribution in [-0.2, 0) is 17.5 Å². The average Bonchev–Trinajstić information content (AvgIpc) is 3.37. The van der Waals surface area contributed by atoms with Gasteiger partial charge in [-0.15, -0.1) is 0 Å². The van der Waals surface area contributed by atoms with Crippen molar-refractivity contribution in [1.29, 1.82) is 0 Å². The van der Waals surface area contributed by atoms with Crippen molar-refractivity contribution in [3.05, 3.63) is 36.2 Å². The first-order valence-electron chi connectivity index (χ1n) is 11.1. The molecule has 1 atom stereocenters. The van der Waals surface area contributed by atoms with Crippen LogP contribution in [0.2, 0.25) is 0 Å². The fraction of sp³-hybridized carbons (Fsp3) is 0.478. The maximum Gasteiger partial charge on any atom is 0.416 e. The van der Waals surface area contributed by atoms with E-state index in [1.807, 2.05) is 32.3 Å². The molecule has 1 saturated heterocycles. The van der Waals surface area contributed by atoms with E-state index in [9.17, 15) is 18.0 Å². The third-order valence-electron chi connectivity index (χ3n) is 5.50. The molecule has 1 N–H and O–H groups in total. The number of alkyl halides is 3. The summed E-state index contributed by atoms with van der Waals surface area (Å²) in [6.07, 6.45) is -2.62. The number of amides is 1. The highest BCUT2D eigenvalue weighted by Gasteiger charge is 2.31. The van der Waals surface area contributed by atoms with Crippen LogP contribution < -0.4 is 5.32 Å². The lowest BCUT2D eigenvalue weighted by molar-refractivity contribution is -0.137. The lowest BCUT2D eigenvalue weighted by Crippen LogP contribution is -2.36. The summed E-state index contributed by atoms with van der Waals surface area (Å²) in [7, 11) is 0. The highest BCUT2D eigenvalue weighted by atomic mass is 19.4. The topological polar surface area (TPSA) is 85.2 Å². The number of likely N-dealkylation sites (tertiary alicyclic amines) is 1. The maximum absolute atomic E-state index is 13.0. The van der Waals surface area contributed by atoms with E-state index >= 15 is 0 Å². The number of rotatable bonds is 4. The van der Waals surface area contributed by atoms with Crippen molar-refractivity contribution < 1.29 is 22.7 Å². The summed E-state index contributed by atoms with van der Waals surface area (Å²) in [6, 6.07) is 4.86. The summed E-state index contributed by atoms with van der Waals surface area (Å²) in [4.78, 5) is 27.4. The molecule has 2 aromatic heterocycles. The van der Waals surface area contributed by atoms with Gasteiger partial charge in [0.05, 0.1) is 5.56 Å². The van der Waals surface area contributed by atoms with Gasteiger partial charge in [-0.3, -0.25) is 0 Å². The van der Waals surface area contributed by atoms with Gasteiger partial charge < -0.3 is 19.5 Å². The summed E-state index contributed by atoms with van der Waals surface area (Å²) in [5.41, 5.74) is 0.374. The van der Waals surface area contributed by atoms with E-state index in [0.717, 1.165) is 12.1 Å². The summed E-state index contributed by atoms with van der Waals surface area (Å²) in [6.45, 7) is 8.94. The van der Waals surface area contributed by atoms with Gasteiger partial charge in [0, 0.05) is 31.2 Å². The molecule has 0 aliphatic carbocycles. The Kier molecular flexibility index (Phi) is 6.13. The Morgan fingerprint density at radius 1 is 1.18 bits per heavy atom. The summed E-state index contributed by atoms with van der Waals surface area (Å²) >= 11 is 0. The smallest absolute Gasteiger partial charge is 0.416 e. The third-order valence-corrected chi connectivity index (χ3v) is 5.50. The van der Waals surface area contributed by atoms with E-state index in [1.165, 1.54) is 18.5 Å². The standard InChI is InChI=1S/C23H27F3N6O2/c1-5-32-19(14-6-8-15(9-7-14)23(24,25)26)30-17-18(27-13-28-20(17)32)29-16-10-11-31(12-16)21(33)34-22(2,3)4/h6-9,13,16H,5,10-12H2,1-4H3,(H,27,28,29). The quantitative estimate of drug-likeness (QED) is 0.573. The van der Waals surface area contributed by atoms with Crippen molar-refractivity contribution in [1.82, 2.24) is 24.4 Å². The fourth-order valence-electron chi connectivity index (χ4n) is 3.93. The maximum atomic E-state index is 13.0. The van der Waals surface area contributed by atoms with Crippen LogP contribution in [0.5, 0.6) is 0 Å². The first-order chi connectivity index (χ1) is 16.0. The van der Waals surface area contributed by atoms with Crippen LogP contribution in [0.4, 0.5) is 23.8 Å². The summed E-state index contributed by atoms with van der Waals surface area (Å²) in [5.74, 6) is 1.03. The Balaban J connectivity index is 1.59. The zero-order chi connectivity index (χ0) is 24.7. The molecule has 8 nitrogen and oxygen atoms in total. The number of anilines is 1. The van der Waals surface area contributed by atoms with Crippen molar-refractivity contribution in [2.45, 2.75) is 58.5 Å². The fourth-order valence-corrected chi connectivity index (χ4v) is 3.93. The molecule has 1 unspecified atom stereocenters. The molecule has 1 aliphatic heterocycles. The number of nitrogens with zero attached hydrogens (tertiary/aromatic N) is 5. The summed E-state index contributed by atoms with van der Waals surface area (Å²) < 4.78 is 46.2. The molecule has 0 bridgehead atoms. The number of aromatic nitrogens is 4. The van der Waals surface area contributed by atoms with Crippen molar-refractivity contribution >= 4 is 23.1 Å². The monoisotopic (exact) mass is 476 g/mol. The number of imidazole rings is 1. The second-order valence-electron chi connectivity index (χ2n) is 9.21. The SMILES string of the molecule is CCn1c(-c2ccc(C(F)(F)F)cc2)nc2c(NC3CCN(C(=O)OC(C)(C)C)C3)ncnc21. The van der Waals surface area contributed by atoms with Gasteiger partial charge in [-0.1, -0.05) is 12.1 Å². The normalized spacial score (nSPS) is 16.8. The Morgan fingerprint density at radius 3 is 2.50 bits per heavy atom. The molecule has 1 fully saturated rings. The average molecular weight is 477 g/mol. The number of hydrogen-bond donors (Lipinski definition) is 1. The Morgan fingerprint density at radius 2 is 1.88 bits per heavy atom. The molecular weight excluding hydrogens is 449 g/mol. The minimum absolute atomic E-state index is 0.0492. The highest BCUT2D eigenvalue weighted by molar-refractivity contribution is 5.86. The molecule has 0 radical (unpaired) electrons. The van der Waals surface area contributed by atoms with Gasteiger partial charge in [0.2, 0.25) is 0 Å². The number of benzene rings is 1.